The first-order valence-corrected chi connectivity index (χ1v) is 9.57. The maximum atomic E-state index is 12.5. The van der Waals surface area contributed by atoms with Crippen molar-refractivity contribution < 1.29 is 23.8 Å². The van der Waals surface area contributed by atoms with Crippen molar-refractivity contribution in [2.45, 2.75) is 19.8 Å². The Balaban J connectivity index is 1.61. The van der Waals surface area contributed by atoms with Gasteiger partial charge in [-0.15, -0.1) is 0 Å². The zero-order chi connectivity index (χ0) is 20.8. The van der Waals surface area contributed by atoms with Gasteiger partial charge in [0.05, 0.1) is 14.2 Å². The van der Waals surface area contributed by atoms with E-state index in [-0.39, 0.29) is 5.56 Å². The highest BCUT2D eigenvalue weighted by molar-refractivity contribution is 5.98. The number of carbonyl (C=O) groups is 2. The molecular weight excluding hydrogens is 372 g/mol. The van der Waals surface area contributed by atoms with E-state index in [0.717, 1.165) is 24.3 Å². The van der Waals surface area contributed by atoms with E-state index >= 15 is 0 Å². The average Bonchev–Trinajstić information content (AvgIpc) is 3.27. The summed E-state index contributed by atoms with van der Waals surface area (Å²) in [6, 6.07) is 10.9. The summed E-state index contributed by atoms with van der Waals surface area (Å²) in [6.07, 6.45) is 2.42. The van der Waals surface area contributed by atoms with E-state index in [0.29, 0.717) is 17.2 Å². The number of aryl methyl sites for hydroxylation is 1. The topological polar surface area (TPSA) is 77.1 Å². The molecule has 1 N–H and O–H groups in total. The van der Waals surface area contributed by atoms with Gasteiger partial charge in [-0.25, -0.2) is 4.79 Å². The van der Waals surface area contributed by atoms with Gasteiger partial charge in [0.1, 0.15) is 17.1 Å². The molecule has 0 radical (unpaired) electrons. The Kier molecular flexibility index (Phi) is 6.59. The normalized spacial score (nSPS) is 13.1. The molecule has 1 aliphatic rings. The molecule has 3 rings (SSSR count). The molecule has 0 aliphatic carbocycles. The van der Waals surface area contributed by atoms with Crippen LogP contribution in [0, 0.1) is 6.92 Å². The number of anilines is 2. The summed E-state index contributed by atoms with van der Waals surface area (Å²) in [4.78, 5) is 27.1. The highest BCUT2D eigenvalue weighted by Crippen LogP contribution is 2.29. The largest absolute Gasteiger partial charge is 0.496 e. The minimum absolute atomic E-state index is 0.149. The monoisotopic (exact) mass is 398 g/mol. The zero-order valence-corrected chi connectivity index (χ0v) is 17.0. The lowest BCUT2D eigenvalue weighted by Gasteiger charge is -2.19. The van der Waals surface area contributed by atoms with E-state index < -0.39 is 18.5 Å². The molecule has 0 saturated carbocycles. The molecule has 29 heavy (non-hydrogen) atoms. The second kappa shape index (κ2) is 9.32. The lowest BCUT2D eigenvalue weighted by molar-refractivity contribution is -0.119. The Morgan fingerprint density at radius 2 is 1.69 bits per heavy atom. The van der Waals surface area contributed by atoms with Gasteiger partial charge in [-0.05, 0) is 55.7 Å². The van der Waals surface area contributed by atoms with Crippen LogP contribution in [0.3, 0.4) is 0 Å². The molecule has 1 amide bonds. The first-order chi connectivity index (χ1) is 14.0. The average molecular weight is 398 g/mol. The number of esters is 1. The Labute approximate surface area is 170 Å². The van der Waals surface area contributed by atoms with Crippen LogP contribution in [0.2, 0.25) is 0 Å². The Hall–Kier alpha value is -3.22. The molecular formula is C22H26N2O5. The molecule has 0 bridgehead atoms. The van der Waals surface area contributed by atoms with Crippen LogP contribution in [-0.2, 0) is 9.53 Å². The maximum Gasteiger partial charge on any atom is 0.346 e. The molecule has 0 unspecified atom stereocenters. The third-order valence-electron chi connectivity index (χ3n) is 4.92. The number of nitrogens with one attached hydrogen (secondary N) is 1. The Bertz CT molecular complexity index is 869. The van der Waals surface area contributed by atoms with E-state index in [4.69, 9.17) is 14.2 Å². The molecule has 1 fully saturated rings. The molecule has 0 aromatic heterocycles. The molecule has 7 heteroatoms. The molecule has 1 saturated heterocycles. The van der Waals surface area contributed by atoms with E-state index in [2.05, 4.69) is 16.3 Å². The maximum absolute atomic E-state index is 12.5. The molecule has 154 valence electrons. The van der Waals surface area contributed by atoms with Crippen LogP contribution in [0.25, 0.3) is 0 Å². The standard InChI is InChI=1S/C22H26N2O5/c1-15-13-16(24-11-4-5-12-24)9-10-17(15)23-20(25)14-29-22(26)21-18(27-2)7-6-8-19(21)28-3/h6-10,13H,4-5,11-12,14H2,1-3H3,(H,23,25). The number of hydrogen-bond donors (Lipinski definition) is 1. The van der Waals surface area contributed by atoms with Crippen molar-refractivity contribution >= 4 is 23.3 Å². The van der Waals surface area contributed by atoms with Gasteiger partial charge in [-0.2, -0.15) is 0 Å². The van der Waals surface area contributed by atoms with Crippen molar-refractivity contribution in [1.82, 2.24) is 0 Å². The van der Waals surface area contributed by atoms with Gasteiger partial charge < -0.3 is 24.4 Å². The van der Waals surface area contributed by atoms with Crippen LogP contribution < -0.4 is 19.7 Å². The van der Waals surface area contributed by atoms with Crippen LogP contribution in [-0.4, -0.2) is 45.8 Å². The summed E-state index contributed by atoms with van der Waals surface area (Å²) in [5, 5.41) is 2.79. The second-order valence-electron chi connectivity index (χ2n) is 6.86. The molecule has 0 atom stereocenters. The highest BCUT2D eigenvalue weighted by atomic mass is 16.5. The van der Waals surface area contributed by atoms with Crippen molar-refractivity contribution in [1.29, 1.82) is 0 Å². The number of carbonyl (C=O) groups excluding carboxylic acids is 2. The van der Waals surface area contributed by atoms with E-state index in [1.807, 2.05) is 19.1 Å². The Morgan fingerprint density at radius 3 is 2.28 bits per heavy atom. The smallest absolute Gasteiger partial charge is 0.346 e. The van der Waals surface area contributed by atoms with Crippen molar-refractivity contribution in [3.05, 3.63) is 47.5 Å². The van der Waals surface area contributed by atoms with Crippen LogP contribution in [0.1, 0.15) is 28.8 Å². The first-order valence-electron chi connectivity index (χ1n) is 9.57. The SMILES string of the molecule is COc1cccc(OC)c1C(=O)OCC(=O)Nc1ccc(N2CCCC2)cc1C. The summed E-state index contributed by atoms with van der Waals surface area (Å²) in [6.45, 7) is 3.66. The summed E-state index contributed by atoms with van der Waals surface area (Å²) >= 11 is 0. The van der Waals surface area contributed by atoms with Gasteiger partial charge in [0, 0.05) is 24.5 Å². The quantitative estimate of drug-likeness (QED) is 0.721. The third kappa shape index (κ3) is 4.80. The van der Waals surface area contributed by atoms with Gasteiger partial charge in [0.2, 0.25) is 0 Å². The summed E-state index contributed by atoms with van der Waals surface area (Å²) in [5.74, 6) is -0.453. The molecule has 7 nitrogen and oxygen atoms in total. The number of methoxy groups -OCH3 is 2. The van der Waals surface area contributed by atoms with Crippen molar-refractivity contribution in [2.24, 2.45) is 0 Å². The van der Waals surface area contributed by atoms with Gasteiger partial charge >= 0.3 is 5.97 Å². The van der Waals surface area contributed by atoms with Crippen LogP contribution >= 0.6 is 0 Å². The fraction of sp³-hybridized carbons (Fsp3) is 0.364. The highest BCUT2D eigenvalue weighted by Gasteiger charge is 2.21. The van der Waals surface area contributed by atoms with Crippen LogP contribution in [0.15, 0.2) is 36.4 Å². The minimum Gasteiger partial charge on any atom is -0.496 e. The van der Waals surface area contributed by atoms with Gasteiger partial charge in [0.15, 0.2) is 6.61 Å². The van der Waals surface area contributed by atoms with Gasteiger partial charge in [0.25, 0.3) is 5.91 Å². The predicted octanol–water partition coefficient (Wildman–Crippen LogP) is 3.41. The first kappa shape index (κ1) is 20.5. The fourth-order valence-corrected chi connectivity index (χ4v) is 3.40. The number of ether oxygens (including phenoxy) is 3. The summed E-state index contributed by atoms with van der Waals surface area (Å²) < 4.78 is 15.6. The van der Waals surface area contributed by atoms with Crippen molar-refractivity contribution in [2.75, 3.05) is 44.1 Å². The van der Waals surface area contributed by atoms with Crippen LogP contribution in [0.4, 0.5) is 11.4 Å². The minimum atomic E-state index is -0.685. The lowest BCUT2D eigenvalue weighted by Crippen LogP contribution is -2.22. The van der Waals surface area contributed by atoms with E-state index in [1.54, 1.807) is 18.2 Å². The lowest BCUT2D eigenvalue weighted by atomic mass is 10.1. The zero-order valence-electron chi connectivity index (χ0n) is 17.0. The van der Waals surface area contributed by atoms with E-state index in [9.17, 15) is 9.59 Å². The summed E-state index contributed by atoms with van der Waals surface area (Å²) in [5.41, 5.74) is 2.97. The second-order valence-corrected chi connectivity index (χ2v) is 6.86. The number of amides is 1. The van der Waals surface area contributed by atoms with Gasteiger partial charge in [-0.3, -0.25) is 4.79 Å². The van der Waals surface area contributed by atoms with Crippen LogP contribution in [0.5, 0.6) is 11.5 Å². The Morgan fingerprint density at radius 1 is 1.03 bits per heavy atom. The molecule has 1 heterocycles. The third-order valence-corrected chi connectivity index (χ3v) is 4.92. The van der Waals surface area contributed by atoms with E-state index in [1.165, 1.54) is 27.1 Å². The predicted molar refractivity (Wildman–Crippen MR) is 111 cm³/mol. The van der Waals surface area contributed by atoms with Crippen molar-refractivity contribution in [3.8, 4) is 11.5 Å². The molecule has 0 spiro atoms. The number of rotatable bonds is 7. The summed E-state index contributed by atoms with van der Waals surface area (Å²) in [7, 11) is 2.90. The van der Waals surface area contributed by atoms with Gasteiger partial charge in [-0.1, -0.05) is 6.07 Å². The number of nitrogens with zero attached hydrogens (tertiary/aromatic N) is 1. The molecule has 2 aromatic rings. The van der Waals surface area contributed by atoms with Crippen molar-refractivity contribution in [3.63, 3.8) is 0 Å². The number of hydrogen-bond acceptors (Lipinski definition) is 6. The number of benzene rings is 2. The molecule has 2 aromatic carbocycles. The fourth-order valence-electron chi connectivity index (χ4n) is 3.40. The molecule has 1 aliphatic heterocycles.